The number of anilines is 2. The van der Waals surface area contributed by atoms with Crippen LogP contribution in [0.1, 0.15) is 21.5 Å². The van der Waals surface area contributed by atoms with Gasteiger partial charge in [-0.15, -0.1) is 0 Å². The second-order valence-electron chi connectivity index (χ2n) is 7.33. The smallest absolute Gasteiger partial charge is 0.255 e. The molecule has 9 heteroatoms. The highest BCUT2D eigenvalue weighted by atomic mass is 32.2. The van der Waals surface area contributed by atoms with Crippen molar-refractivity contribution in [1.82, 2.24) is 9.29 Å². The van der Waals surface area contributed by atoms with Gasteiger partial charge in [-0.05, 0) is 67.4 Å². The number of benzene rings is 2. The molecule has 0 aliphatic heterocycles. The molecule has 0 radical (unpaired) electrons. The molecule has 2 N–H and O–H groups in total. The fraction of sp³-hybridized carbons (Fsp3) is 0.174. The van der Waals surface area contributed by atoms with Crippen molar-refractivity contribution in [2.75, 3.05) is 24.2 Å². The standard InChI is InChI=1S/C23H24N4O4S/c1-16-7-8-21(13-17(16)2)32(30,31)27(3)15-22(28)25-20-6-4-5-18(14-20)23(29)26-19-9-11-24-12-10-19/h4-14H,15H2,1-3H3,(H,25,28)(H,24,26,29). The predicted molar refractivity (Wildman–Crippen MR) is 123 cm³/mol. The number of carbonyl (C=O) groups is 2. The van der Waals surface area contributed by atoms with E-state index in [1.165, 1.54) is 19.2 Å². The maximum Gasteiger partial charge on any atom is 0.255 e. The summed E-state index contributed by atoms with van der Waals surface area (Å²) in [5.41, 5.74) is 3.16. The Labute approximate surface area is 187 Å². The van der Waals surface area contributed by atoms with Gasteiger partial charge in [0.25, 0.3) is 5.91 Å². The van der Waals surface area contributed by atoms with E-state index in [0.29, 0.717) is 16.9 Å². The lowest BCUT2D eigenvalue weighted by Crippen LogP contribution is -2.35. The molecule has 2 aromatic carbocycles. The van der Waals surface area contributed by atoms with Crippen molar-refractivity contribution in [2.45, 2.75) is 18.7 Å². The molecule has 3 aromatic rings. The minimum Gasteiger partial charge on any atom is -0.325 e. The first-order valence-corrected chi connectivity index (χ1v) is 11.3. The molecule has 0 saturated heterocycles. The molecule has 0 saturated carbocycles. The number of rotatable bonds is 7. The third kappa shape index (κ3) is 5.57. The monoisotopic (exact) mass is 452 g/mol. The topological polar surface area (TPSA) is 108 Å². The molecular weight excluding hydrogens is 428 g/mol. The molecule has 0 fully saturated rings. The first kappa shape index (κ1) is 23.1. The number of hydrogen-bond donors (Lipinski definition) is 2. The molecule has 32 heavy (non-hydrogen) atoms. The lowest BCUT2D eigenvalue weighted by molar-refractivity contribution is -0.116. The molecule has 0 unspecified atom stereocenters. The van der Waals surface area contributed by atoms with Crippen molar-refractivity contribution < 1.29 is 18.0 Å². The molecule has 0 atom stereocenters. The number of amides is 2. The summed E-state index contributed by atoms with van der Waals surface area (Å²) in [4.78, 5) is 28.9. The van der Waals surface area contributed by atoms with Crippen molar-refractivity contribution in [3.05, 3.63) is 83.7 Å². The third-order valence-corrected chi connectivity index (χ3v) is 6.70. The van der Waals surface area contributed by atoms with Crippen LogP contribution in [0.5, 0.6) is 0 Å². The summed E-state index contributed by atoms with van der Waals surface area (Å²) >= 11 is 0. The summed E-state index contributed by atoms with van der Waals surface area (Å²) in [6, 6.07) is 14.6. The maximum atomic E-state index is 12.8. The SMILES string of the molecule is Cc1ccc(S(=O)(=O)N(C)CC(=O)Nc2cccc(C(=O)Nc3ccncc3)c2)cc1C. The number of hydrogen-bond acceptors (Lipinski definition) is 5. The number of nitrogens with one attached hydrogen (secondary N) is 2. The van der Waals surface area contributed by atoms with E-state index in [1.54, 1.807) is 54.9 Å². The maximum absolute atomic E-state index is 12.8. The Bertz CT molecular complexity index is 1240. The highest BCUT2D eigenvalue weighted by Gasteiger charge is 2.23. The predicted octanol–water partition coefficient (Wildman–Crippen LogP) is 3.21. The van der Waals surface area contributed by atoms with Crippen molar-refractivity contribution in [2.24, 2.45) is 0 Å². The number of pyridine rings is 1. The fourth-order valence-electron chi connectivity index (χ4n) is 2.92. The van der Waals surface area contributed by atoms with Crippen LogP contribution < -0.4 is 10.6 Å². The Kier molecular flexibility index (Phi) is 7.01. The van der Waals surface area contributed by atoms with Gasteiger partial charge >= 0.3 is 0 Å². The molecule has 3 rings (SSSR count). The Morgan fingerprint density at radius 3 is 2.31 bits per heavy atom. The van der Waals surface area contributed by atoms with E-state index < -0.39 is 15.9 Å². The van der Waals surface area contributed by atoms with E-state index in [0.717, 1.165) is 15.4 Å². The van der Waals surface area contributed by atoms with Gasteiger partial charge in [-0.2, -0.15) is 4.31 Å². The first-order valence-electron chi connectivity index (χ1n) is 9.82. The van der Waals surface area contributed by atoms with Crippen LogP contribution >= 0.6 is 0 Å². The molecule has 0 aliphatic rings. The van der Waals surface area contributed by atoms with Crippen LogP contribution in [0.2, 0.25) is 0 Å². The number of sulfonamides is 1. The van der Waals surface area contributed by atoms with E-state index in [1.807, 2.05) is 13.8 Å². The largest absolute Gasteiger partial charge is 0.325 e. The van der Waals surface area contributed by atoms with E-state index in [-0.39, 0.29) is 17.3 Å². The molecular formula is C23H24N4O4S. The molecule has 166 valence electrons. The van der Waals surface area contributed by atoms with Crippen LogP contribution in [0.3, 0.4) is 0 Å². The average Bonchev–Trinajstić information content (AvgIpc) is 2.76. The molecule has 0 spiro atoms. The number of aryl methyl sites for hydroxylation is 2. The minimum absolute atomic E-state index is 0.130. The van der Waals surface area contributed by atoms with Crippen LogP contribution in [0.15, 0.2) is 71.9 Å². The summed E-state index contributed by atoms with van der Waals surface area (Å²) in [6.07, 6.45) is 3.13. The summed E-state index contributed by atoms with van der Waals surface area (Å²) in [6.45, 7) is 3.36. The van der Waals surface area contributed by atoms with Gasteiger partial charge in [0.05, 0.1) is 11.4 Å². The van der Waals surface area contributed by atoms with Crippen molar-refractivity contribution in [3.8, 4) is 0 Å². The molecule has 2 amide bonds. The molecule has 8 nitrogen and oxygen atoms in total. The molecule has 0 aliphatic carbocycles. The lowest BCUT2D eigenvalue weighted by Gasteiger charge is -2.18. The minimum atomic E-state index is -3.82. The summed E-state index contributed by atoms with van der Waals surface area (Å²) in [7, 11) is -2.47. The zero-order valence-corrected chi connectivity index (χ0v) is 18.8. The van der Waals surface area contributed by atoms with Gasteiger partial charge < -0.3 is 10.6 Å². The van der Waals surface area contributed by atoms with Crippen molar-refractivity contribution in [1.29, 1.82) is 0 Å². The quantitative estimate of drug-likeness (QED) is 0.572. The molecule has 0 bridgehead atoms. The third-order valence-electron chi connectivity index (χ3n) is 4.90. The van der Waals surface area contributed by atoms with Crippen LogP contribution in [-0.2, 0) is 14.8 Å². The second-order valence-corrected chi connectivity index (χ2v) is 9.37. The average molecular weight is 453 g/mol. The van der Waals surface area contributed by atoms with E-state index in [9.17, 15) is 18.0 Å². The molecule has 1 aromatic heterocycles. The normalized spacial score (nSPS) is 11.2. The zero-order chi connectivity index (χ0) is 23.3. The zero-order valence-electron chi connectivity index (χ0n) is 18.0. The molecule has 1 heterocycles. The highest BCUT2D eigenvalue weighted by Crippen LogP contribution is 2.19. The highest BCUT2D eigenvalue weighted by molar-refractivity contribution is 7.89. The van der Waals surface area contributed by atoms with Gasteiger partial charge in [0, 0.05) is 36.4 Å². The van der Waals surface area contributed by atoms with Crippen LogP contribution in [0.4, 0.5) is 11.4 Å². The van der Waals surface area contributed by atoms with Crippen LogP contribution in [0, 0.1) is 13.8 Å². The van der Waals surface area contributed by atoms with Gasteiger partial charge in [-0.1, -0.05) is 12.1 Å². The first-order chi connectivity index (χ1) is 15.2. The Morgan fingerprint density at radius 1 is 0.906 bits per heavy atom. The van der Waals surface area contributed by atoms with Gasteiger partial charge in [-0.25, -0.2) is 8.42 Å². The summed E-state index contributed by atoms with van der Waals surface area (Å²) < 4.78 is 26.6. The van der Waals surface area contributed by atoms with E-state index in [4.69, 9.17) is 0 Å². The van der Waals surface area contributed by atoms with E-state index in [2.05, 4.69) is 15.6 Å². The van der Waals surface area contributed by atoms with E-state index >= 15 is 0 Å². The Morgan fingerprint density at radius 2 is 1.62 bits per heavy atom. The summed E-state index contributed by atoms with van der Waals surface area (Å²) in [5, 5.41) is 5.38. The number of likely N-dealkylation sites (N-methyl/N-ethyl adjacent to an activating group) is 1. The summed E-state index contributed by atoms with van der Waals surface area (Å²) in [5.74, 6) is -0.867. The second kappa shape index (κ2) is 9.71. The van der Waals surface area contributed by atoms with Crippen LogP contribution in [0.25, 0.3) is 0 Å². The van der Waals surface area contributed by atoms with Gasteiger partial charge in [0.2, 0.25) is 15.9 Å². The van der Waals surface area contributed by atoms with Crippen molar-refractivity contribution >= 4 is 33.2 Å². The lowest BCUT2D eigenvalue weighted by atomic mass is 10.1. The van der Waals surface area contributed by atoms with Gasteiger partial charge in [0.1, 0.15) is 0 Å². The number of nitrogens with zero attached hydrogens (tertiary/aromatic N) is 2. The van der Waals surface area contributed by atoms with Gasteiger partial charge in [0.15, 0.2) is 0 Å². The van der Waals surface area contributed by atoms with Crippen molar-refractivity contribution in [3.63, 3.8) is 0 Å². The number of aromatic nitrogens is 1. The van der Waals surface area contributed by atoms with Crippen LogP contribution in [-0.4, -0.2) is 43.1 Å². The Hall–Kier alpha value is -3.56. The van der Waals surface area contributed by atoms with Gasteiger partial charge in [-0.3, -0.25) is 14.6 Å². The fourth-order valence-corrected chi connectivity index (χ4v) is 4.13. The Balaban J connectivity index is 1.66. The number of carbonyl (C=O) groups excluding carboxylic acids is 2.